The van der Waals surface area contributed by atoms with Crippen molar-refractivity contribution in [2.45, 2.75) is 108 Å². The second-order valence-electron chi connectivity index (χ2n) is 10.7. The van der Waals surface area contributed by atoms with E-state index in [4.69, 9.17) is 19.3 Å². The fourth-order valence-corrected chi connectivity index (χ4v) is 5.08. The molecule has 10 nitrogen and oxygen atoms in total. The molecular formula is C28H51NO9. The Bertz CT molecular complexity index is 714. The summed E-state index contributed by atoms with van der Waals surface area (Å²) >= 11 is 0. The van der Waals surface area contributed by atoms with E-state index in [1.165, 1.54) is 7.11 Å². The van der Waals surface area contributed by atoms with Crippen LogP contribution in [-0.2, 0) is 19.0 Å². The zero-order valence-electron chi connectivity index (χ0n) is 23.8. The van der Waals surface area contributed by atoms with Crippen LogP contribution in [0.2, 0.25) is 0 Å². The van der Waals surface area contributed by atoms with Gasteiger partial charge in [-0.05, 0) is 71.9 Å². The number of carboxylic acid groups (broad SMARTS) is 1. The van der Waals surface area contributed by atoms with Gasteiger partial charge in [0.1, 0.15) is 6.10 Å². The number of hydrogen-bond acceptors (Lipinski definition) is 9. The van der Waals surface area contributed by atoms with Crippen LogP contribution >= 0.6 is 0 Å². The first-order valence-corrected chi connectivity index (χ1v) is 13.6. The molecule has 38 heavy (non-hydrogen) atoms. The van der Waals surface area contributed by atoms with Crippen LogP contribution in [0.25, 0.3) is 0 Å². The van der Waals surface area contributed by atoms with Gasteiger partial charge in [-0.2, -0.15) is 0 Å². The first kappa shape index (κ1) is 34.7. The average Bonchev–Trinajstić information content (AvgIpc) is 2.82. The van der Waals surface area contributed by atoms with Crippen molar-refractivity contribution in [3.63, 3.8) is 0 Å². The van der Waals surface area contributed by atoms with Crippen LogP contribution in [0.1, 0.15) is 59.3 Å². The van der Waals surface area contributed by atoms with E-state index in [9.17, 15) is 25.2 Å². The minimum atomic E-state index is -1.39. The van der Waals surface area contributed by atoms with Crippen LogP contribution in [-0.4, -0.2) is 113 Å². The Morgan fingerprint density at radius 2 is 1.84 bits per heavy atom. The van der Waals surface area contributed by atoms with E-state index in [-0.39, 0.29) is 31.2 Å². The Hall–Kier alpha value is -1.37. The number of hydrogen-bond donors (Lipinski definition) is 5. The Kier molecular flexibility index (Phi) is 16.5. The molecule has 10 atom stereocenters. The van der Waals surface area contributed by atoms with Crippen LogP contribution in [0.5, 0.6) is 0 Å². The van der Waals surface area contributed by atoms with Gasteiger partial charge in [0.25, 0.3) is 0 Å². The van der Waals surface area contributed by atoms with Gasteiger partial charge < -0.3 is 44.6 Å². The number of allylic oxidation sites excluding steroid dienone is 2. The molecule has 0 aliphatic carbocycles. The lowest BCUT2D eigenvalue weighted by Gasteiger charge is -2.40. The SMILES string of the molecule is CO[C@H]([C@@H](O)[C@@H](CCO)C[C@@H](C)[C@H](/C=C/C=C/CC(C)O)O[C@H]1CC[C@H](N(C)C)[C@@H](C)O1)[C@H](O)CC(=O)O. The van der Waals surface area contributed by atoms with Crippen molar-refractivity contribution < 1.29 is 44.5 Å². The zero-order valence-corrected chi connectivity index (χ0v) is 23.8. The van der Waals surface area contributed by atoms with E-state index in [1.54, 1.807) is 6.92 Å². The summed E-state index contributed by atoms with van der Waals surface area (Å²) < 4.78 is 17.9. The second kappa shape index (κ2) is 18.1. The molecule has 0 aromatic carbocycles. The third kappa shape index (κ3) is 12.2. The molecule has 0 aromatic rings. The summed E-state index contributed by atoms with van der Waals surface area (Å²) in [5, 5.41) is 49.5. The van der Waals surface area contributed by atoms with E-state index in [2.05, 4.69) is 4.90 Å². The van der Waals surface area contributed by atoms with Crippen molar-refractivity contribution in [3.8, 4) is 0 Å². The standard InChI is InChI=1S/C28H51NO9/c1-18(16-21(14-15-30)27(35)28(36-6)23(32)17-25(33)34)24(11-9-7-8-10-19(2)31)38-26-13-12-22(29(4)5)20(3)37-26/h7-9,11,18-24,26-28,30-32,35H,10,12-17H2,1-6H3,(H,33,34)/b8-7+,11-9+/t18-,19?,20-,21+,22+,23-,24+,26+,27+,28+/m1/s1. The van der Waals surface area contributed by atoms with E-state index in [1.807, 2.05) is 52.2 Å². The third-order valence-electron chi connectivity index (χ3n) is 7.19. The van der Waals surface area contributed by atoms with E-state index < -0.39 is 49.0 Å². The number of nitrogens with zero attached hydrogens (tertiary/aromatic N) is 1. The number of carboxylic acids is 1. The van der Waals surface area contributed by atoms with Gasteiger partial charge in [0.2, 0.25) is 0 Å². The van der Waals surface area contributed by atoms with Gasteiger partial charge in [-0.25, -0.2) is 0 Å². The fraction of sp³-hybridized carbons (Fsp3) is 0.821. The number of aliphatic hydroxyl groups excluding tert-OH is 4. The summed E-state index contributed by atoms with van der Waals surface area (Å²) in [4.78, 5) is 13.2. The van der Waals surface area contributed by atoms with Crippen molar-refractivity contribution in [1.82, 2.24) is 4.90 Å². The highest BCUT2D eigenvalue weighted by molar-refractivity contribution is 5.67. The molecule has 0 radical (unpaired) electrons. The summed E-state index contributed by atoms with van der Waals surface area (Å²) in [5.41, 5.74) is 0. The van der Waals surface area contributed by atoms with Crippen LogP contribution in [0.3, 0.4) is 0 Å². The Balaban J connectivity index is 3.04. The van der Waals surface area contributed by atoms with Crippen molar-refractivity contribution >= 4 is 5.97 Å². The van der Waals surface area contributed by atoms with Gasteiger partial charge in [-0.15, -0.1) is 0 Å². The molecule has 1 unspecified atom stereocenters. The Morgan fingerprint density at radius 3 is 2.37 bits per heavy atom. The lowest BCUT2D eigenvalue weighted by atomic mass is 9.82. The van der Waals surface area contributed by atoms with Gasteiger partial charge >= 0.3 is 5.97 Å². The molecule has 0 saturated carbocycles. The number of aliphatic hydroxyl groups is 4. The van der Waals surface area contributed by atoms with Crippen molar-refractivity contribution in [2.24, 2.45) is 11.8 Å². The highest BCUT2D eigenvalue weighted by Gasteiger charge is 2.36. The van der Waals surface area contributed by atoms with Gasteiger partial charge in [-0.3, -0.25) is 4.79 Å². The van der Waals surface area contributed by atoms with Crippen LogP contribution in [0, 0.1) is 11.8 Å². The third-order valence-corrected chi connectivity index (χ3v) is 7.19. The summed E-state index contributed by atoms with van der Waals surface area (Å²) in [5.74, 6) is -1.79. The molecule has 5 N–H and O–H groups in total. The van der Waals surface area contributed by atoms with Crippen LogP contribution in [0.15, 0.2) is 24.3 Å². The number of rotatable bonds is 18. The molecular weight excluding hydrogens is 494 g/mol. The largest absolute Gasteiger partial charge is 0.481 e. The molecule has 1 heterocycles. The normalized spacial score (nSPS) is 26.3. The van der Waals surface area contributed by atoms with Gasteiger partial charge in [0.05, 0.1) is 36.9 Å². The topological polar surface area (TPSA) is 149 Å². The van der Waals surface area contributed by atoms with Gasteiger partial charge in [0, 0.05) is 19.8 Å². The molecule has 1 rings (SSSR count). The molecule has 0 amide bonds. The maximum absolute atomic E-state index is 11.1. The molecule has 1 aliphatic heterocycles. The lowest BCUT2D eigenvalue weighted by molar-refractivity contribution is -0.224. The summed E-state index contributed by atoms with van der Waals surface area (Å²) in [6.07, 6.45) is 4.92. The van der Waals surface area contributed by atoms with E-state index >= 15 is 0 Å². The molecule has 1 aliphatic rings. The average molecular weight is 546 g/mol. The predicted octanol–water partition coefficient (Wildman–Crippen LogP) is 1.95. The van der Waals surface area contributed by atoms with Crippen molar-refractivity contribution in [2.75, 3.05) is 27.8 Å². The maximum atomic E-state index is 11.1. The number of methoxy groups -OCH3 is 1. The predicted molar refractivity (Wildman–Crippen MR) is 145 cm³/mol. The summed E-state index contributed by atoms with van der Waals surface area (Å²) in [6.45, 7) is 5.56. The maximum Gasteiger partial charge on any atom is 0.306 e. The molecule has 10 heteroatoms. The van der Waals surface area contributed by atoms with E-state index in [0.29, 0.717) is 18.9 Å². The minimum Gasteiger partial charge on any atom is -0.481 e. The van der Waals surface area contributed by atoms with Crippen molar-refractivity contribution in [3.05, 3.63) is 24.3 Å². The number of likely N-dealkylation sites (N-methyl/N-ethyl adjacent to an activating group) is 1. The fourth-order valence-electron chi connectivity index (χ4n) is 5.08. The minimum absolute atomic E-state index is 0.00299. The quantitative estimate of drug-likeness (QED) is 0.162. The van der Waals surface area contributed by atoms with Crippen LogP contribution in [0.4, 0.5) is 0 Å². The lowest BCUT2D eigenvalue weighted by Crippen LogP contribution is -2.47. The van der Waals surface area contributed by atoms with E-state index in [0.717, 1.165) is 12.8 Å². The van der Waals surface area contributed by atoms with Gasteiger partial charge in [0.15, 0.2) is 6.29 Å². The molecule has 222 valence electrons. The number of ether oxygens (including phenoxy) is 3. The van der Waals surface area contributed by atoms with Gasteiger partial charge in [-0.1, -0.05) is 31.2 Å². The first-order chi connectivity index (χ1) is 17.9. The highest BCUT2D eigenvalue weighted by Crippen LogP contribution is 2.30. The molecule has 1 fully saturated rings. The second-order valence-corrected chi connectivity index (χ2v) is 10.7. The number of carbonyl (C=O) groups is 1. The zero-order chi connectivity index (χ0) is 28.8. The molecule has 0 bridgehead atoms. The monoisotopic (exact) mass is 545 g/mol. The van der Waals surface area contributed by atoms with Crippen molar-refractivity contribution in [1.29, 1.82) is 0 Å². The molecule has 0 aromatic heterocycles. The smallest absolute Gasteiger partial charge is 0.306 e. The molecule has 0 spiro atoms. The van der Waals surface area contributed by atoms with Crippen LogP contribution < -0.4 is 0 Å². The summed E-state index contributed by atoms with van der Waals surface area (Å²) in [7, 11) is 5.38. The Labute approximate surface area is 227 Å². The Morgan fingerprint density at radius 1 is 1.16 bits per heavy atom. The first-order valence-electron chi connectivity index (χ1n) is 13.6. The molecule has 1 saturated heterocycles. The highest BCUT2D eigenvalue weighted by atomic mass is 16.7. The number of aliphatic carboxylic acids is 1. The summed E-state index contributed by atoms with van der Waals surface area (Å²) in [6, 6.07) is 0.303.